The van der Waals surface area contributed by atoms with Crippen molar-refractivity contribution in [3.05, 3.63) is 11.9 Å². The summed E-state index contributed by atoms with van der Waals surface area (Å²) in [6.45, 7) is 9.61. The number of unbranched alkanes of at least 4 members (excludes halogenated alkanes) is 2. The van der Waals surface area contributed by atoms with Crippen molar-refractivity contribution in [2.45, 2.75) is 59.4 Å². The molecule has 1 rings (SSSR count). The zero-order chi connectivity index (χ0) is 12.0. The fraction of sp³-hybridized carbons (Fsp3) is 0.769. The monoisotopic (exact) mass is 223 g/mol. The number of aryl methyl sites for hydroxylation is 1. The van der Waals surface area contributed by atoms with E-state index in [1.807, 2.05) is 0 Å². The van der Waals surface area contributed by atoms with Gasteiger partial charge in [0.1, 0.15) is 0 Å². The number of imidazole rings is 1. The molecule has 0 aliphatic heterocycles. The lowest BCUT2D eigenvalue weighted by molar-refractivity contribution is 0.480. The van der Waals surface area contributed by atoms with Gasteiger partial charge in [0.05, 0.1) is 5.69 Å². The minimum absolute atomic E-state index is 0.543. The Labute approximate surface area is 99.3 Å². The molecule has 0 fully saturated rings. The Bertz CT molecular complexity index is 304. The quantitative estimate of drug-likeness (QED) is 0.713. The van der Waals surface area contributed by atoms with Crippen molar-refractivity contribution in [2.75, 3.05) is 11.9 Å². The molecule has 0 bridgehead atoms. The summed E-state index contributed by atoms with van der Waals surface area (Å²) >= 11 is 0. The lowest BCUT2D eigenvalue weighted by atomic mass is 10.1. The largest absolute Gasteiger partial charge is 0.356 e. The molecular weight excluding hydrogens is 198 g/mol. The average Bonchev–Trinajstić information content (AvgIpc) is 2.60. The standard InChI is InChI=1S/C13H25N3/c1-5-7-8-9-12(4)16-10-11(3)15-13(16)14-6-2/h10,12H,5-9H2,1-4H3,(H,14,15). The minimum Gasteiger partial charge on any atom is -0.356 e. The van der Waals surface area contributed by atoms with Gasteiger partial charge in [-0.15, -0.1) is 0 Å². The first-order valence-electron chi connectivity index (χ1n) is 6.48. The van der Waals surface area contributed by atoms with Crippen molar-refractivity contribution < 1.29 is 0 Å². The van der Waals surface area contributed by atoms with Crippen LogP contribution in [0.2, 0.25) is 0 Å². The summed E-state index contributed by atoms with van der Waals surface area (Å²) < 4.78 is 2.27. The van der Waals surface area contributed by atoms with Crippen LogP contribution >= 0.6 is 0 Å². The van der Waals surface area contributed by atoms with Crippen LogP contribution in [0.1, 0.15) is 58.2 Å². The van der Waals surface area contributed by atoms with Crippen LogP contribution in [0.5, 0.6) is 0 Å². The first-order chi connectivity index (χ1) is 7.69. The summed E-state index contributed by atoms with van der Waals surface area (Å²) in [5.41, 5.74) is 1.10. The smallest absolute Gasteiger partial charge is 0.203 e. The normalized spacial score (nSPS) is 12.8. The van der Waals surface area contributed by atoms with E-state index in [9.17, 15) is 0 Å². The van der Waals surface area contributed by atoms with Gasteiger partial charge in [0.25, 0.3) is 0 Å². The second-order valence-electron chi connectivity index (χ2n) is 4.49. The van der Waals surface area contributed by atoms with Gasteiger partial charge in [0.15, 0.2) is 0 Å². The number of aromatic nitrogens is 2. The Morgan fingerprint density at radius 1 is 1.38 bits per heavy atom. The molecule has 0 saturated heterocycles. The number of hydrogen-bond donors (Lipinski definition) is 1. The van der Waals surface area contributed by atoms with Crippen LogP contribution in [0.3, 0.4) is 0 Å². The van der Waals surface area contributed by atoms with E-state index in [-0.39, 0.29) is 0 Å². The minimum atomic E-state index is 0.543. The summed E-state index contributed by atoms with van der Waals surface area (Å²) in [5.74, 6) is 1.02. The van der Waals surface area contributed by atoms with Crippen LogP contribution in [-0.4, -0.2) is 16.1 Å². The Morgan fingerprint density at radius 3 is 2.75 bits per heavy atom. The van der Waals surface area contributed by atoms with Crippen LogP contribution in [-0.2, 0) is 0 Å². The number of hydrogen-bond acceptors (Lipinski definition) is 2. The third-order valence-corrected chi connectivity index (χ3v) is 2.89. The van der Waals surface area contributed by atoms with Crippen molar-refractivity contribution in [2.24, 2.45) is 0 Å². The van der Waals surface area contributed by atoms with E-state index < -0.39 is 0 Å². The van der Waals surface area contributed by atoms with E-state index in [2.05, 4.69) is 48.8 Å². The fourth-order valence-electron chi connectivity index (χ4n) is 1.97. The number of nitrogens with one attached hydrogen (secondary N) is 1. The molecule has 1 N–H and O–H groups in total. The van der Waals surface area contributed by atoms with Gasteiger partial charge in [0, 0.05) is 18.8 Å². The fourth-order valence-corrected chi connectivity index (χ4v) is 1.97. The predicted octanol–water partition coefficient (Wildman–Crippen LogP) is 3.76. The van der Waals surface area contributed by atoms with Gasteiger partial charge in [-0.3, -0.25) is 0 Å². The van der Waals surface area contributed by atoms with Crippen molar-refractivity contribution in [1.82, 2.24) is 9.55 Å². The maximum atomic E-state index is 4.50. The van der Waals surface area contributed by atoms with Gasteiger partial charge in [-0.25, -0.2) is 4.98 Å². The van der Waals surface area contributed by atoms with Gasteiger partial charge >= 0.3 is 0 Å². The Balaban J connectivity index is 2.61. The molecule has 1 atom stereocenters. The highest BCUT2D eigenvalue weighted by atomic mass is 15.2. The molecule has 0 saturated carbocycles. The highest BCUT2D eigenvalue weighted by molar-refractivity contribution is 5.29. The van der Waals surface area contributed by atoms with Gasteiger partial charge < -0.3 is 9.88 Å². The predicted molar refractivity (Wildman–Crippen MR) is 70.0 cm³/mol. The molecule has 1 aromatic heterocycles. The molecule has 0 aliphatic rings. The molecule has 0 aliphatic carbocycles. The molecule has 1 aromatic rings. The van der Waals surface area contributed by atoms with Crippen LogP contribution in [0, 0.1) is 6.92 Å². The molecule has 3 heteroatoms. The van der Waals surface area contributed by atoms with Gasteiger partial charge in [-0.05, 0) is 27.2 Å². The van der Waals surface area contributed by atoms with Gasteiger partial charge in [-0.1, -0.05) is 26.2 Å². The second-order valence-corrected chi connectivity index (χ2v) is 4.49. The van der Waals surface area contributed by atoms with Crippen molar-refractivity contribution in [3.8, 4) is 0 Å². The number of nitrogens with zero attached hydrogens (tertiary/aromatic N) is 2. The SMILES string of the molecule is CCCCCC(C)n1cc(C)nc1NCC. The van der Waals surface area contributed by atoms with E-state index in [1.165, 1.54) is 25.7 Å². The third-order valence-electron chi connectivity index (χ3n) is 2.89. The zero-order valence-electron chi connectivity index (χ0n) is 11.1. The Hall–Kier alpha value is -0.990. The van der Waals surface area contributed by atoms with Crippen molar-refractivity contribution in [3.63, 3.8) is 0 Å². The number of anilines is 1. The third kappa shape index (κ3) is 3.54. The van der Waals surface area contributed by atoms with E-state index >= 15 is 0 Å². The van der Waals surface area contributed by atoms with Crippen molar-refractivity contribution in [1.29, 1.82) is 0 Å². The molecule has 1 unspecified atom stereocenters. The molecule has 3 nitrogen and oxygen atoms in total. The van der Waals surface area contributed by atoms with E-state index in [0.717, 1.165) is 18.2 Å². The maximum Gasteiger partial charge on any atom is 0.203 e. The molecule has 0 aromatic carbocycles. The summed E-state index contributed by atoms with van der Waals surface area (Å²) in [6.07, 6.45) is 7.31. The molecule has 92 valence electrons. The summed E-state index contributed by atoms with van der Waals surface area (Å²) in [5, 5.41) is 3.32. The van der Waals surface area contributed by atoms with Crippen LogP contribution in [0.4, 0.5) is 5.95 Å². The van der Waals surface area contributed by atoms with Gasteiger partial charge in [-0.2, -0.15) is 0 Å². The number of rotatable bonds is 7. The average molecular weight is 223 g/mol. The second kappa shape index (κ2) is 6.56. The molecule has 0 amide bonds. The lowest BCUT2D eigenvalue weighted by Gasteiger charge is -2.16. The molecule has 16 heavy (non-hydrogen) atoms. The Morgan fingerprint density at radius 2 is 2.12 bits per heavy atom. The van der Waals surface area contributed by atoms with E-state index in [0.29, 0.717) is 6.04 Å². The van der Waals surface area contributed by atoms with Crippen LogP contribution in [0.25, 0.3) is 0 Å². The van der Waals surface area contributed by atoms with E-state index in [4.69, 9.17) is 0 Å². The summed E-state index contributed by atoms with van der Waals surface area (Å²) in [7, 11) is 0. The van der Waals surface area contributed by atoms with Gasteiger partial charge in [0.2, 0.25) is 5.95 Å². The highest BCUT2D eigenvalue weighted by Crippen LogP contribution is 2.20. The molecule has 0 radical (unpaired) electrons. The Kier molecular flexibility index (Phi) is 5.36. The van der Waals surface area contributed by atoms with Crippen molar-refractivity contribution >= 4 is 5.95 Å². The maximum absolute atomic E-state index is 4.50. The first kappa shape index (κ1) is 13.1. The molecular formula is C13H25N3. The molecule has 0 spiro atoms. The van der Waals surface area contributed by atoms with Crippen LogP contribution < -0.4 is 5.32 Å². The summed E-state index contributed by atoms with van der Waals surface area (Å²) in [4.78, 5) is 4.50. The zero-order valence-corrected chi connectivity index (χ0v) is 11.1. The summed E-state index contributed by atoms with van der Waals surface area (Å²) in [6, 6.07) is 0.543. The highest BCUT2D eigenvalue weighted by Gasteiger charge is 2.10. The topological polar surface area (TPSA) is 29.9 Å². The lowest BCUT2D eigenvalue weighted by Crippen LogP contribution is -2.10. The van der Waals surface area contributed by atoms with Crippen LogP contribution in [0.15, 0.2) is 6.20 Å². The first-order valence-corrected chi connectivity index (χ1v) is 6.48. The molecule has 1 heterocycles. The van der Waals surface area contributed by atoms with E-state index in [1.54, 1.807) is 0 Å².